The van der Waals surface area contributed by atoms with Gasteiger partial charge in [-0.15, -0.1) is 0 Å². The summed E-state index contributed by atoms with van der Waals surface area (Å²) >= 11 is 0. The summed E-state index contributed by atoms with van der Waals surface area (Å²) in [5.41, 5.74) is -1.53. The van der Waals surface area contributed by atoms with Crippen molar-refractivity contribution >= 4 is 11.8 Å². The van der Waals surface area contributed by atoms with Crippen LogP contribution >= 0.6 is 0 Å². The van der Waals surface area contributed by atoms with Gasteiger partial charge in [-0.05, 0) is 5.41 Å². The summed E-state index contributed by atoms with van der Waals surface area (Å²) in [4.78, 5) is 23.4. The second-order valence-electron chi connectivity index (χ2n) is 7.25. The molecule has 2 atom stereocenters. The summed E-state index contributed by atoms with van der Waals surface area (Å²) in [5, 5.41) is 42.6. The van der Waals surface area contributed by atoms with E-state index in [2.05, 4.69) is 10.6 Å². The summed E-state index contributed by atoms with van der Waals surface area (Å²) in [6, 6.07) is 0. The van der Waals surface area contributed by atoms with Crippen LogP contribution in [-0.4, -0.2) is 70.8 Å². The smallest absolute Gasteiger partial charge is 0.249 e. The van der Waals surface area contributed by atoms with E-state index >= 15 is 0 Å². The molecule has 0 radical (unpaired) electrons. The zero-order valence-corrected chi connectivity index (χ0v) is 14.3. The molecule has 0 aromatic carbocycles. The van der Waals surface area contributed by atoms with Gasteiger partial charge in [0.15, 0.2) is 0 Å². The van der Waals surface area contributed by atoms with E-state index in [1.807, 2.05) is 0 Å². The van der Waals surface area contributed by atoms with Crippen LogP contribution in [0.5, 0.6) is 0 Å². The standard InChI is InChI=1S/C15H30N2O6/c1-14(2,8-18)5-11(21)16-6-10(20)7-17-13(23)12(22)15(3,4)9-19/h10,12,18-20,22H,5-9H2,1-4H3,(H,16,21)(H,17,23). The van der Waals surface area contributed by atoms with Crippen molar-refractivity contribution in [3.8, 4) is 0 Å². The molecule has 0 rings (SSSR count). The number of nitrogens with one attached hydrogen (secondary N) is 2. The highest BCUT2D eigenvalue weighted by molar-refractivity contribution is 5.81. The average Bonchev–Trinajstić information content (AvgIpc) is 2.49. The summed E-state index contributed by atoms with van der Waals surface area (Å²) in [7, 11) is 0. The summed E-state index contributed by atoms with van der Waals surface area (Å²) < 4.78 is 0. The first kappa shape index (κ1) is 21.8. The molecule has 0 bridgehead atoms. The van der Waals surface area contributed by atoms with Crippen LogP contribution < -0.4 is 10.6 Å². The number of aliphatic hydroxyl groups excluding tert-OH is 4. The Hall–Kier alpha value is -1.22. The van der Waals surface area contributed by atoms with E-state index in [4.69, 9.17) is 10.2 Å². The average molecular weight is 334 g/mol. The van der Waals surface area contributed by atoms with Crippen LogP contribution in [0.15, 0.2) is 0 Å². The van der Waals surface area contributed by atoms with Crippen molar-refractivity contribution in [2.45, 2.75) is 46.3 Å². The molecule has 0 aliphatic rings. The number of carbonyl (C=O) groups is 2. The molecule has 0 saturated carbocycles. The van der Waals surface area contributed by atoms with E-state index in [0.29, 0.717) is 0 Å². The van der Waals surface area contributed by atoms with Crippen molar-refractivity contribution in [1.29, 1.82) is 0 Å². The summed E-state index contributed by atoms with van der Waals surface area (Å²) in [6.45, 7) is 5.88. The fourth-order valence-corrected chi connectivity index (χ4v) is 1.61. The lowest BCUT2D eigenvalue weighted by Gasteiger charge is -2.27. The number of rotatable bonds is 10. The second kappa shape index (κ2) is 9.17. The number of hydrogen-bond acceptors (Lipinski definition) is 6. The summed E-state index contributed by atoms with van der Waals surface area (Å²) in [5.74, 6) is -1.01. The van der Waals surface area contributed by atoms with Crippen LogP contribution in [0.3, 0.4) is 0 Å². The van der Waals surface area contributed by atoms with Crippen molar-refractivity contribution < 1.29 is 30.0 Å². The molecule has 0 aliphatic heterocycles. The van der Waals surface area contributed by atoms with Gasteiger partial charge in [0.25, 0.3) is 0 Å². The van der Waals surface area contributed by atoms with E-state index in [9.17, 15) is 19.8 Å². The first-order valence-corrected chi connectivity index (χ1v) is 7.57. The van der Waals surface area contributed by atoms with Crippen LogP contribution in [-0.2, 0) is 9.59 Å². The van der Waals surface area contributed by atoms with Crippen molar-refractivity contribution in [3.63, 3.8) is 0 Å². The minimum atomic E-state index is -1.40. The van der Waals surface area contributed by atoms with Crippen LogP contribution in [0.2, 0.25) is 0 Å². The van der Waals surface area contributed by atoms with Gasteiger partial charge in [0.1, 0.15) is 6.10 Å². The lowest BCUT2D eigenvalue weighted by Crippen LogP contribution is -2.48. The van der Waals surface area contributed by atoms with Gasteiger partial charge >= 0.3 is 0 Å². The maximum absolute atomic E-state index is 11.7. The van der Waals surface area contributed by atoms with Crippen LogP contribution in [0.25, 0.3) is 0 Å². The second-order valence-corrected chi connectivity index (χ2v) is 7.25. The highest BCUT2D eigenvalue weighted by atomic mass is 16.3. The molecule has 0 spiro atoms. The normalized spacial score (nSPS) is 15.0. The Bertz CT molecular complexity index is 397. The molecule has 0 aromatic heterocycles. The van der Waals surface area contributed by atoms with Gasteiger partial charge in [-0.3, -0.25) is 9.59 Å². The highest BCUT2D eigenvalue weighted by Gasteiger charge is 2.33. The minimum absolute atomic E-state index is 0.0554. The molecule has 8 nitrogen and oxygen atoms in total. The molecule has 6 N–H and O–H groups in total. The van der Waals surface area contributed by atoms with Crippen LogP contribution in [0.4, 0.5) is 0 Å². The molecule has 0 heterocycles. The molecule has 0 aromatic rings. The van der Waals surface area contributed by atoms with Gasteiger partial charge in [0, 0.05) is 31.5 Å². The third kappa shape index (κ3) is 8.26. The number of carbonyl (C=O) groups excluding carboxylic acids is 2. The minimum Gasteiger partial charge on any atom is -0.396 e. The van der Waals surface area contributed by atoms with Gasteiger partial charge in [-0.2, -0.15) is 0 Å². The molecule has 0 fully saturated rings. The van der Waals surface area contributed by atoms with Gasteiger partial charge < -0.3 is 31.1 Å². The lowest BCUT2D eigenvalue weighted by atomic mass is 9.87. The number of hydrogen-bond donors (Lipinski definition) is 6. The van der Waals surface area contributed by atoms with Crippen molar-refractivity contribution in [2.75, 3.05) is 26.3 Å². The van der Waals surface area contributed by atoms with Crippen LogP contribution in [0.1, 0.15) is 34.1 Å². The van der Waals surface area contributed by atoms with Gasteiger partial charge in [0.05, 0.1) is 12.7 Å². The number of amides is 2. The van der Waals surface area contributed by atoms with E-state index in [-0.39, 0.29) is 38.6 Å². The first-order valence-electron chi connectivity index (χ1n) is 7.57. The Morgan fingerprint density at radius 2 is 1.48 bits per heavy atom. The number of aliphatic hydroxyl groups is 4. The van der Waals surface area contributed by atoms with Gasteiger partial charge in [-0.25, -0.2) is 0 Å². The molecule has 23 heavy (non-hydrogen) atoms. The fourth-order valence-electron chi connectivity index (χ4n) is 1.61. The quantitative estimate of drug-likeness (QED) is 0.283. The van der Waals surface area contributed by atoms with Crippen molar-refractivity contribution in [3.05, 3.63) is 0 Å². The lowest BCUT2D eigenvalue weighted by molar-refractivity contribution is -0.137. The predicted octanol–water partition coefficient (Wildman–Crippen LogP) is -1.63. The topological polar surface area (TPSA) is 139 Å². The van der Waals surface area contributed by atoms with Crippen molar-refractivity contribution in [2.24, 2.45) is 10.8 Å². The van der Waals surface area contributed by atoms with Gasteiger partial charge in [-0.1, -0.05) is 27.7 Å². The third-order valence-electron chi connectivity index (χ3n) is 3.51. The largest absolute Gasteiger partial charge is 0.396 e. The predicted molar refractivity (Wildman–Crippen MR) is 84.4 cm³/mol. The van der Waals surface area contributed by atoms with Gasteiger partial charge in [0.2, 0.25) is 11.8 Å². The molecule has 136 valence electrons. The molecular formula is C15H30N2O6. The summed E-state index contributed by atoms with van der Waals surface area (Å²) in [6.07, 6.45) is -2.30. The Kier molecular flexibility index (Phi) is 8.68. The molecule has 0 aliphatic carbocycles. The van der Waals surface area contributed by atoms with E-state index in [0.717, 1.165) is 0 Å². The maximum Gasteiger partial charge on any atom is 0.249 e. The fraction of sp³-hybridized carbons (Fsp3) is 0.867. The SMILES string of the molecule is CC(C)(CO)CC(=O)NCC(O)CNC(=O)C(O)C(C)(C)CO. The van der Waals surface area contributed by atoms with Crippen LogP contribution in [0, 0.1) is 10.8 Å². The zero-order valence-electron chi connectivity index (χ0n) is 14.3. The Morgan fingerprint density at radius 1 is 0.957 bits per heavy atom. The molecular weight excluding hydrogens is 304 g/mol. The third-order valence-corrected chi connectivity index (χ3v) is 3.51. The van der Waals surface area contributed by atoms with E-state index in [1.54, 1.807) is 13.8 Å². The monoisotopic (exact) mass is 334 g/mol. The van der Waals surface area contributed by atoms with Crippen molar-refractivity contribution in [1.82, 2.24) is 10.6 Å². The highest BCUT2D eigenvalue weighted by Crippen LogP contribution is 2.19. The van der Waals surface area contributed by atoms with E-state index in [1.165, 1.54) is 13.8 Å². The Morgan fingerprint density at radius 3 is 1.96 bits per heavy atom. The molecule has 2 amide bonds. The molecule has 2 unspecified atom stereocenters. The maximum atomic E-state index is 11.7. The molecule has 8 heteroatoms. The van der Waals surface area contributed by atoms with E-state index < -0.39 is 28.9 Å². The zero-order chi connectivity index (χ0) is 18.3. The molecule has 0 saturated heterocycles. The first-order chi connectivity index (χ1) is 10.4. The Balaban J connectivity index is 4.15. The Labute approximate surface area is 136 Å².